The maximum atomic E-state index is 13.0. The number of carbonyl (C=O) groups excluding carboxylic acids is 1. The number of nitrogens with one attached hydrogen (secondary N) is 1. The summed E-state index contributed by atoms with van der Waals surface area (Å²) in [6.45, 7) is 3.08. The minimum absolute atomic E-state index is 0.0993. The quantitative estimate of drug-likeness (QED) is 0.342. The maximum absolute atomic E-state index is 13.0. The number of fused-ring (bicyclic) bond motifs is 1. The SMILES string of the molecule is CN1C(=O)C(N=C([O-])c2n[nH]c(Cc3ccccc3)n2)COc2ccc(C#CC(C)(C)O)cc21. The van der Waals surface area contributed by atoms with Crippen molar-refractivity contribution in [3.63, 3.8) is 0 Å². The molecule has 0 radical (unpaired) electrons. The molecule has 2 aromatic carbocycles. The van der Waals surface area contributed by atoms with E-state index in [1.54, 1.807) is 39.1 Å². The molecule has 0 saturated carbocycles. The van der Waals surface area contributed by atoms with Gasteiger partial charge >= 0.3 is 0 Å². The number of aliphatic hydroxyl groups is 1. The zero-order chi connectivity index (χ0) is 24.3. The second kappa shape index (κ2) is 9.37. The van der Waals surface area contributed by atoms with Crippen LogP contribution >= 0.6 is 0 Å². The summed E-state index contributed by atoms with van der Waals surface area (Å²) in [5.41, 5.74) is 0.993. The molecular formula is C25H24N5O4-. The average Bonchev–Trinajstić information content (AvgIpc) is 3.24. The highest BCUT2D eigenvalue weighted by atomic mass is 16.5. The number of amides is 1. The van der Waals surface area contributed by atoms with Crippen molar-refractivity contribution in [1.82, 2.24) is 15.2 Å². The molecule has 1 aliphatic heterocycles. The Balaban J connectivity index is 1.52. The molecular weight excluding hydrogens is 434 g/mol. The summed E-state index contributed by atoms with van der Waals surface area (Å²) in [6, 6.07) is 13.7. The van der Waals surface area contributed by atoms with Gasteiger partial charge in [0.2, 0.25) is 0 Å². The highest BCUT2D eigenvalue weighted by Crippen LogP contribution is 2.32. The van der Waals surface area contributed by atoms with Crippen molar-refractivity contribution in [3.05, 3.63) is 71.3 Å². The van der Waals surface area contributed by atoms with E-state index >= 15 is 0 Å². The molecule has 9 heteroatoms. The van der Waals surface area contributed by atoms with E-state index in [2.05, 4.69) is 32.0 Å². The zero-order valence-corrected chi connectivity index (χ0v) is 19.1. The molecule has 0 saturated heterocycles. The summed E-state index contributed by atoms with van der Waals surface area (Å²) in [5.74, 6) is 5.41. The number of ether oxygens (including phenoxy) is 1. The van der Waals surface area contributed by atoms with Crippen LogP contribution in [-0.2, 0) is 11.2 Å². The smallest absolute Gasteiger partial charge is 0.255 e. The number of H-pyrrole nitrogens is 1. The first-order chi connectivity index (χ1) is 16.2. The number of carbonyl (C=O) groups is 1. The first kappa shape index (κ1) is 23.0. The van der Waals surface area contributed by atoms with Crippen LogP contribution in [0.1, 0.15) is 36.6 Å². The minimum Gasteiger partial charge on any atom is -0.856 e. The van der Waals surface area contributed by atoms with Crippen LogP contribution in [0.15, 0.2) is 53.5 Å². The standard InChI is InChI=1S/C25H25N5O4/c1-25(2,33)12-11-17-9-10-20-19(13-17)30(3)24(32)18(15-34-20)26-23(31)22-27-21(28-29-22)14-16-7-5-4-6-8-16/h4-10,13,18,33H,14-15H2,1-3H3,(H,26,31)(H,27,28,29)/p-1. The fraction of sp³-hybridized carbons (Fsp3) is 0.280. The zero-order valence-electron chi connectivity index (χ0n) is 19.1. The van der Waals surface area contributed by atoms with E-state index < -0.39 is 23.4 Å². The van der Waals surface area contributed by atoms with Crippen molar-refractivity contribution in [2.75, 3.05) is 18.6 Å². The van der Waals surface area contributed by atoms with Gasteiger partial charge in [-0.25, -0.2) is 4.98 Å². The average molecular weight is 458 g/mol. The molecule has 0 aliphatic carbocycles. The van der Waals surface area contributed by atoms with Gasteiger partial charge in [-0.3, -0.25) is 14.9 Å². The topological polar surface area (TPSA) is 127 Å². The summed E-state index contributed by atoms with van der Waals surface area (Å²) in [5, 5.41) is 29.2. The fourth-order valence-corrected chi connectivity index (χ4v) is 3.34. The van der Waals surface area contributed by atoms with E-state index in [9.17, 15) is 15.0 Å². The van der Waals surface area contributed by atoms with Crippen LogP contribution in [0, 0.1) is 11.8 Å². The minimum atomic E-state index is -1.14. The van der Waals surface area contributed by atoms with E-state index in [0.29, 0.717) is 29.2 Å². The summed E-state index contributed by atoms with van der Waals surface area (Å²) >= 11 is 0. The molecule has 0 spiro atoms. The van der Waals surface area contributed by atoms with Crippen molar-refractivity contribution in [3.8, 4) is 17.6 Å². The van der Waals surface area contributed by atoms with Crippen molar-refractivity contribution >= 4 is 17.5 Å². The Bertz CT molecular complexity index is 1280. The van der Waals surface area contributed by atoms with E-state index in [0.717, 1.165) is 5.56 Å². The first-order valence-corrected chi connectivity index (χ1v) is 10.7. The summed E-state index contributed by atoms with van der Waals surface area (Å²) in [6.07, 6.45) is 0.489. The Morgan fingerprint density at radius 1 is 1.32 bits per heavy atom. The third-order valence-electron chi connectivity index (χ3n) is 5.06. The molecule has 9 nitrogen and oxygen atoms in total. The molecule has 1 amide bonds. The molecule has 1 unspecified atom stereocenters. The highest BCUT2D eigenvalue weighted by molar-refractivity contribution is 6.00. The van der Waals surface area contributed by atoms with Gasteiger partial charge in [-0.05, 0) is 37.6 Å². The Morgan fingerprint density at radius 2 is 2.09 bits per heavy atom. The summed E-state index contributed by atoms with van der Waals surface area (Å²) in [7, 11) is 1.58. The van der Waals surface area contributed by atoms with Crippen molar-refractivity contribution in [2.45, 2.75) is 31.9 Å². The van der Waals surface area contributed by atoms with Gasteiger partial charge in [0, 0.05) is 24.9 Å². The molecule has 4 rings (SSSR count). The molecule has 0 bridgehead atoms. The number of aromatic nitrogens is 3. The fourth-order valence-electron chi connectivity index (χ4n) is 3.34. The molecule has 2 N–H and O–H groups in total. The van der Waals surface area contributed by atoms with Crippen LogP contribution < -0.4 is 14.7 Å². The summed E-state index contributed by atoms with van der Waals surface area (Å²) < 4.78 is 5.77. The predicted molar refractivity (Wildman–Crippen MR) is 124 cm³/mol. The number of rotatable bonds is 4. The molecule has 1 aliphatic rings. The third-order valence-corrected chi connectivity index (χ3v) is 5.06. The van der Waals surface area contributed by atoms with Gasteiger partial charge in [0.25, 0.3) is 5.91 Å². The van der Waals surface area contributed by atoms with Crippen LogP contribution in [0.3, 0.4) is 0 Å². The molecule has 3 aromatic rings. The number of hydrogen-bond donors (Lipinski definition) is 2. The monoisotopic (exact) mass is 458 g/mol. The van der Waals surface area contributed by atoms with Gasteiger partial charge in [0.15, 0.2) is 11.9 Å². The Kier molecular flexibility index (Phi) is 6.34. The number of likely N-dealkylation sites (N-methyl/N-ethyl adjacent to an activating group) is 1. The molecule has 2 heterocycles. The predicted octanol–water partition coefficient (Wildman–Crippen LogP) is 1.05. The van der Waals surface area contributed by atoms with Crippen LogP contribution in [0.5, 0.6) is 5.75 Å². The van der Waals surface area contributed by atoms with Crippen LogP contribution in [-0.4, -0.2) is 57.4 Å². The van der Waals surface area contributed by atoms with Crippen LogP contribution in [0.25, 0.3) is 0 Å². The molecule has 0 fully saturated rings. The van der Waals surface area contributed by atoms with Crippen molar-refractivity contribution < 1.29 is 19.7 Å². The van der Waals surface area contributed by atoms with E-state index in [-0.39, 0.29) is 12.4 Å². The van der Waals surface area contributed by atoms with Gasteiger partial charge in [-0.15, -0.1) is 0 Å². The van der Waals surface area contributed by atoms with Gasteiger partial charge in [0.1, 0.15) is 23.8 Å². The maximum Gasteiger partial charge on any atom is 0.255 e. The number of aromatic amines is 1. The molecule has 34 heavy (non-hydrogen) atoms. The third kappa shape index (κ3) is 5.42. The normalized spacial score (nSPS) is 16.2. The summed E-state index contributed by atoms with van der Waals surface area (Å²) in [4.78, 5) is 22.7. The lowest BCUT2D eigenvalue weighted by Crippen LogP contribution is -2.38. The second-order valence-corrected chi connectivity index (χ2v) is 8.42. The van der Waals surface area contributed by atoms with Crippen molar-refractivity contribution in [2.24, 2.45) is 4.99 Å². The van der Waals surface area contributed by atoms with E-state index in [1.165, 1.54) is 4.90 Å². The number of benzene rings is 2. The van der Waals surface area contributed by atoms with E-state index in [4.69, 9.17) is 4.74 Å². The van der Waals surface area contributed by atoms with Crippen LogP contribution in [0.4, 0.5) is 5.69 Å². The lowest BCUT2D eigenvalue weighted by atomic mass is 10.1. The lowest BCUT2D eigenvalue weighted by molar-refractivity contribution is -0.214. The number of aliphatic imine (C=N–C) groups is 1. The first-order valence-electron chi connectivity index (χ1n) is 10.7. The van der Waals surface area contributed by atoms with Gasteiger partial charge < -0.3 is 19.8 Å². The molecule has 1 atom stereocenters. The van der Waals surface area contributed by atoms with Gasteiger partial charge in [0.05, 0.1) is 5.69 Å². The molecule has 1 aromatic heterocycles. The largest absolute Gasteiger partial charge is 0.856 e. The van der Waals surface area contributed by atoms with Gasteiger partial charge in [-0.2, -0.15) is 5.10 Å². The van der Waals surface area contributed by atoms with Gasteiger partial charge in [-0.1, -0.05) is 42.2 Å². The molecule has 174 valence electrons. The number of hydrogen-bond acceptors (Lipinski definition) is 7. The van der Waals surface area contributed by atoms with Crippen molar-refractivity contribution in [1.29, 1.82) is 0 Å². The number of nitrogens with zero attached hydrogens (tertiary/aromatic N) is 4. The Labute approximate surface area is 197 Å². The highest BCUT2D eigenvalue weighted by Gasteiger charge is 2.29. The van der Waals surface area contributed by atoms with Crippen LogP contribution in [0.2, 0.25) is 0 Å². The Morgan fingerprint density at radius 3 is 2.82 bits per heavy atom. The van der Waals surface area contributed by atoms with E-state index in [1.807, 2.05) is 30.3 Å². The Hall–Kier alpha value is -4.16. The second-order valence-electron chi connectivity index (χ2n) is 8.42. The number of anilines is 1. The lowest BCUT2D eigenvalue weighted by Gasteiger charge is -2.19.